The average molecular weight is 316 g/mol. The van der Waals surface area contributed by atoms with Crippen LogP contribution in [0.2, 0.25) is 0 Å². The highest BCUT2D eigenvalue weighted by atomic mass is 16.2. The first kappa shape index (κ1) is 17.5. The third-order valence-corrected chi connectivity index (χ3v) is 4.36. The Morgan fingerprint density at radius 2 is 2.04 bits per heavy atom. The number of benzene rings is 1. The second-order valence-corrected chi connectivity index (χ2v) is 6.84. The molecule has 2 atom stereocenters. The van der Waals surface area contributed by atoms with Crippen LogP contribution in [0.1, 0.15) is 39.2 Å². The molecule has 0 aliphatic heterocycles. The van der Waals surface area contributed by atoms with Crippen molar-refractivity contribution >= 4 is 17.5 Å². The molecule has 0 bridgehead atoms. The minimum atomic E-state index is -0.158. The number of amides is 2. The van der Waals surface area contributed by atoms with Gasteiger partial charge in [0, 0.05) is 18.8 Å². The second kappa shape index (κ2) is 7.62. The van der Waals surface area contributed by atoms with Crippen molar-refractivity contribution in [2.24, 2.45) is 17.8 Å². The molecule has 126 valence electrons. The zero-order valence-corrected chi connectivity index (χ0v) is 14.6. The maximum absolute atomic E-state index is 12.7. The molecule has 1 saturated carbocycles. The topological polar surface area (TPSA) is 49.4 Å². The van der Waals surface area contributed by atoms with Crippen LogP contribution in [-0.2, 0) is 9.59 Å². The van der Waals surface area contributed by atoms with E-state index in [1.807, 2.05) is 38.1 Å². The summed E-state index contributed by atoms with van der Waals surface area (Å²) >= 11 is 0. The number of nitrogens with zero attached hydrogens (tertiary/aromatic N) is 1. The van der Waals surface area contributed by atoms with Gasteiger partial charge in [-0.2, -0.15) is 0 Å². The first-order valence-electron chi connectivity index (χ1n) is 8.59. The van der Waals surface area contributed by atoms with E-state index in [9.17, 15) is 9.59 Å². The Balaban J connectivity index is 1.92. The van der Waals surface area contributed by atoms with E-state index in [1.165, 1.54) is 0 Å². The standard InChI is InChI=1S/C19H28N2O2/c1-5-21(15-8-6-7-14(4)11-15)19(23)17-12-16(17)18(22)20-10-9-13(2)3/h6-8,11,13,16-17H,5,9-10,12H2,1-4H3,(H,20,22). The summed E-state index contributed by atoms with van der Waals surface area (Å²) in [4.78, 5) is 26.6. The summed E-state index contributed by atoms with van der Waals surface area (Å²) in [5, 5.41) is 2.96. The molecule has 4 heteroatoms. The van der Waals surface area contributed by atoms with Gasteiger partial charge in [-0.05, 0) is 50.3 Å². The Labute approximate surface area is 139 Å². The summed E-state index contributed by atoms with van der Waals surface area (Å²) in [6.07, 6.45) is 1.65. The minimum Gasteiger partial charge on any atom is -0.356 e. The maximum Gasteiger partial charge on any atom is 0.230 e. The van der Waals surface area contributed by atoms with Gasteiger partial charge in [-0.1, -0.05) is 26.0 Å². The molecule has 2 unspecified atom stereocenters. The number of aryl methyl sites for hydroxylation is 1. The number of carbonyl (C=O) groups excluding carboxylic acids is 2. The molecule has 4 nitrogen and oxygen atoms in total. The number of carbonyl (C=O) groups is 2. The van der Waals surface area contributed by atoms with Crippen LogP contribution < -0.4 is 10.2 Å². The fourth-order valence-corrected chi connectivity index (χ4v) is 2.83. The zero-order chi connectivity index (χ0) is 17.0. The molecular weight excluding hydrogens is 288 g/mol. The van der Waals surface area contributed by atoms with Crippen LogP contribution in [0.3, 0.4) is 0 Å². The van der Waals surface area contributed by atoms with Crippen molar-refractivity contribution in [3.8, 4) is 0 Å². The van der Waals surface area contributed by atoms with Gasteiger partial charge in [0.25, 0.3) is 0 Å². The fraction of sp³-hybridized carbons (Fsp3) is 0.579. The van der Waals surface area contributed by atoms with E-state index >= 15 is 0 Å². The molecular formula is C19H28N2O2. The third kappa shape index (κ3) is 4.57. The van der Waals surface area contributed by atoms with Gasteiger partial charge in [-0.15, -0.1) is 0 Å². The summed E-state index contributed by atoms with van der Waals surface area (Å²) in [7, 11) is 0. The predicted molar refractivity (Wildman–Crippen MR) is 93.3 cm³/mol. The molecule has 2 rings (SSSR count). The Hall–Kier alpha value is -1.84. The number of anilines is 1. The van der Waals surface area contributed by atoms with Crippen LogP contribution in [0, 0.1) is 24.7 Å². The van der Waals surface area contributed by atoms with Crippen molar-refractivity contribution < 1.29 is 9.59 Å². The van der Waals surface area contributed by atoms with E-state index in [4.69, 9.17) is 0 Å². The lowest BCUT2D eigenvalue weighted by atomic mass is 10.1. The molecule has 1 N–H and O–H groups in total. The van der Waals surface area contributed by atoms with E-state index in [-0.39, 0.29) is 23.7 Å². The molecule has 0 aromatic heterocycles. The molecule has 0 radical (unpaired) electrons. The first-order valence-corrected chi connectivity index (χ1v) is 8.59. The highest BCUT2D eigenvalue weighted by Gasteiger charge is 2.49. The van der Waals surface area contributed by atoms with Crippen molar-refractivity contribution in [2.75, 3.05) is 18.0 Å². The maximum atomic E-state index is 12.7. The molecule has 0 spiro atoms. The Morgan fingerprint density at radius 3 is 2.65 bits per heavy atom. The van der Waals surface area contributed by atoms with Gasteiger partial charge in [-0.3, -0.25) is 9.59 Å². The fourth-order valence-electron chi connectivity index (χ4n) is 2.83. The normalized spacial score (nSPS) is 19.5. The summed E-state index contributed by atoms with van der Waals surface area (Å²) in [5.74, 6) is 0.373. The number of hydrogen-bond acceptors (Lipinski definition) is 2. The van der Waals surface area contributed by atoms with E-state index < -0.39 is 0 Å². The lowest BCUT2D eigenvalue weighted by Crippen LogP contribution is -2.34. The second-order valence-electron chi connectivity index (χ2n) is 6.84. The van der Waals surface area contributed by atoms with Crippen molar-refractivity contribution in [3.63, 3.8) is 0 Å². The summed E-state index contributed by atoms with van der Waals surface area (Å²) in [5.41, 5.74) is 2.05. The molecule has 1 aromatic carbocycles. The van der Waals surface area contributed by atoms with E-state index in [2.05, 4.69) is 19.2 Å². The van der Waals surface area contributed by atoms with Crippen molar-refractivity contribution in [3.05, 3.63) is 29.8 Å². The lowest BCUT2D eigenvalue weighted by Gasteiger charge is -2.21. The summed E-state index contributed by atoms with van der Waals surface area (Å²) in [6.45, 7) is 9.58. The quantitative estimate of drug-likeness (QED) is 0.840. The Morgan fingerprint density at radius 1 is 1.30 bits per heavy atom. The zero-order valence-electron chi connectivity index (χ0n) is 14.6. The first-order chi connectivity index (χ1) is 10.9. The van der Waals surface area contributed by atoms with Crippen LogP contribution in [0.25, 0.3) is 0 Å². The highest BCUT2D eigenvalue weighted by molar-refractivity contribution is 6.01. The molecule has 1 aliphatic carbocycles. The monoisotopic (exact) mass is 316 g/mol. The molecule has 0 saturated heterocycles. The average Bonchev–Trinajstić information content (AvgIpc) is 3.28. The van der Waals surface area contributed by atoms with Crippen LogP contribution >= 0.6 is 0 Å². The van der Waals surface area contributed by atoms with Gasteiger partial charge in [0.2, 0.25) is 11.8 Å². The van der Waals surface area contributed by atoms with Crippen LogP contribution in [0.5, 0.6) is 0 Å². The van der Waals surface area contributed by atoms with Crippen LogP contribution in [0.4, 0.5) is 5.69 Å². The van der Waals surface area contributed by atoms with Crippen molar-refractivity contribution in [1.29, 1.82) is 0 Å². The minimum absolute atomic E-state index is 0.0318. The van der Waals surface area contributed by atoms with Crippen molar-refractivity contribution in [2.45, 2.75) is 40.5 Å². The Kier molecular flexibility index (Phi) is 5.80. The smallest absolute Gasteiger partial charge is 0.230 e. The van der Waals surface area contributed by atoms with Gasteiger partial charge < -0.3 is 10.2 Å². The van der Waals surface area contributed by atoms with Gasteiger partial charge in [0.05, 0.1) is 11.8 Å². The van der Waals surface area contributed by atoms with Crippen LogP contribution in [-0.4, -0.2) is 24.9 Å². The molecule has 2 amide bonds. The molecule has 1 fully saturated rings. The van der Waals surface area contributed by atoms with Gasteiger partial charge in [-0.25, -0.2) is 0 Å². The lowest BCUT2D eigenvalue weighted by molar-refractivity contribution is -0.126. The third-order valence-electron chi connectivity index (χ3n) is 4.36. The van der Waals surface area contributed by atoms with Crippen molar-refractivity contribution in [1.82, 2.24) is 5.32 Å². The SMILES string of the molecule is CCN(C(=O)C1CC1C(=O)NCCC(C)C)c1cccc(C)c1. The number of rotatable bonds is 7. The summed E-state index contributed by atoms with van der Waals surface area (Å²) in [6, 6.07) is 7.95. The predicted octanol–water partition coefficient (Wildman–Crippen LogP) is 3.15. The molecule has 1 aliphatic rings. The van der Waals surface area contributed by atoms with E-state index in [0.717, 1.165) is 17.7 Å². The molecule has 23 heavy (non-hydrogen) atoms. The highest BCUT2D eigenvalue weighted by Crippen LogP contribution is 2.41. The number of hydrogen-bond donors (Lipinski definition) is 1. The Bertz CT molecular complexity index is 568. The van der Waals surface area contributed by atoms with Gasteiger partial charge in [0.1, 0.15) is 0 Å². The van der Waals surface area contributed by atoms with E-state index in [1.54, 1.807) is 4.90 Å². The molecule has 1 aromatic rings. The van der Waals surface area contributed by atoms with Crippen LogP contribution in [0.15, 0.2) is 24.3 Å². The summed E-state index contributed by atoms with van der Waals surface area (Å²) < 4.78 is 0. The van der Waals surface area contributed by atoms with E-state index in [0.29, 0.717) is 25.4 Å². The number of nitrogens with one attached hydrogen (secondary N) is 1. The van der Waals surface area contributed by atoms with Gasteiger partial charge in [0.15, 0.2) is 0 Å². The molecule has 0 heterocycles. The largest absolute Gasteiger partial charge is 0.356 e. The van der Waals surface area contributed by atoms with Gasteiger partial charge >= 0.3 is 0 Å².